The molecule has 60 heavy (non-hydrogen) atoms. The minimum atomic E-state index is -0.555. The number of carbonyl (C=O) groups is 4. The Kier molecular flexibility index (Phi) is 20.1. The van der Waals surface area contributed by atoms with Crippen molar-refractivity contribution in [2.75, 3.05) is 33.0 Å². The van der Waals surface area contributed by atoms with Crippen LogP contribution >= 0.6 is 0 Å². The summed E-state index contributed by atoms with van der Waals surface area (Å²) in [7, 11) is 0. The summed E-state index contributed by atoms with van der Waals surface area (Å²) in [5.41, 5.74) is 1.43. The maximum absolute atomic E-state index is 12.9. The SMILES string of the molecule is C=CC(=O)OCCCCCCOc1ccc(C(=O)OCc2ccc(OC(=O)c3ccc(OC(=O)C4CCC(OCCCCCCOC5CCCCO5)CC4)cc3)cc2)cc1. The zero-order chi connectivity index (χ0) is 42.2. The van der Waals surface area contributed by atoms with Gasteiger partial charge in [-0.15, -0.1) is 0 Å². The molecule has 0 bridgehead atoms. The third-order valence-corrected chi connectivity index (χ3v) is 10.5. The Morgan fingerprint density at radius 2 is 1.17 bits per heavy atom. The molecular formula is C48H60O12. The average Bonchev–Trinajstić information content (AvgIpc) is 3.28. The molecule has 12 nitrogen and oxygen atoms in total. The molecular weight excluding hydrogens is 769 g/mol. The molecule has 5 rings (SSSR count). The molecule has 0 radical (unpaired) electrons. The molecule has 3 aromatic rings. The summed E-state index contributed by atoms with van der Waals surface area (Å²) in [4.78, 5) is 49.4. The van der Waals surface area contributed by atoms with E-state index < -0.39 is 17.9 Å². The Morgan fingerprint density at radius 3 is 1.82 bits per heavy atom. The minimum absolute atomic E-state index is 0.0121. The molecule has 1 aliphatic heterocycles. The van der Waals surface area contributed by atoms with Gasteiger partial charge in [0.25, 0.3) is 0 Å². The number of ether oxygens (including phenoxy) is 8. The van der Waals surface area contributed by atoms with Crippen LogP contribution in [-0.2, 0) is 39.9 Å². The Bertz CT molecular complexity index is 1740. The van der Waals surface area contributed by atoms with E-state index in [9.17, 15) is 19.2 Å². The van der Waals surface area contributed by atoms with Crippen LogP contribution in [0.25, 0.3) is 0 Å². The number of rotatable bonds is 25. The van der Waals surface area contributed by atoms with Crippen molar-refractivity contribution in [3.05, 3.63) is 102 Å². The van der Waals surface area contributed by atoms with E-state index >= 15 is 0 Å². The molecule has 2 fully saturated rings. The highest BCUT2D eigenvalue weighted by atomic mass is 16.7. The van der Waals surface area contributed by atoms with Gasteiger partial charge in [0.2, 0.25) is 0 Å². The summed E-state index contributed by atoms with van der Waals surface area (Å²) < 4.78 is 44.9. The van der Waals surface area contributed by atoms with E-state index in [1.54, 1.807) is 72.8 Å². The van der Waals surface area contributed by atoms with Gasteiger partial charge in [0, 0.05) is 25.9 Å². The smallest absolute Gasteiger partial charge is 0.343 e. The second-order valence-corrected chi connectivity index (χ2v) is 15.1. The quantitative estimate of drug-likeness (QED) is 0.0348. The first kappa shape index (κ1) is 46.0. The van der Waals surface area contributed by atoms with Crippen LogP contribution in [0.3, 0.4) is 0 Å². The minimum Gasteiger partial charge on any atom is -0.494 e. The van der Waals surface area contributed by atoms with Gasteiger partial charge in [-0.2, -0.15) is 0 Å². The number of carbonyl (C=O) groups excluding carboxylic acids is 4. The molecule has 1 atom stereocenters. The monoisotopic (exact) mass is 828 g/mol. The highest BCUT2D eigenvalue weighted by molar-refractivity contribution is 5.91. The van der Waals surface area contributed by atoms with E-state index in [1.165, 1.54) is 6.42 Å². The van der Waals surface area contributed by atoms with Crippen LogP contribution in [0.1, 0.15) is 123 Å². The maximum Gasteiger partial charge on any atom is 0.343 e. The fourth-order valence-corrected chi connectivity index (χ4v) is 6.91. The van der Waals surface area contributed by atoms with Gasteiger partial charge in [-0.3, -0.25) is 4.79 Å². The van der Waals surface area contributed by atoms with Crippen molar-refractivity contribution < 1.29 is 57.1 Å². The average molecular weight is 829 g/mol. The molecule has 1 aliphatic carbocycles. The molecule has 0 spiro atoms. The van der Waals surface area contributed by atoms with Gasteiger partial charge in [-0.1, -0.05) is 31.6 Å². The lowest BCUT2D eigenvalue weighted by Crippen LogP contribution is -2.29. The second-order valence-electron chi connectivity index (χ2n) is 15.1. The molecule has 1 unspecified atom stereocenters. The van der Waals surface area contributed by atoms with E-state index in [4.69, 9.17) is 37.9 Å². The normalized spacial score (nSPS) is 17.6. The summed E-state index contributed by atoms with van der Waals surface area (Å²) in [5.74, 6) is -0.504. The van der Waals surface area contributed by atoms with Crippen LogP contribution in [0.15, 0.2) is 85.5 Å². The molecule has 3 aromatic carbocycles. The molecule has 324 valence electrons. The first-order valence-corrected chi connectivity index (χ1v) is 21.5. The maximum atomic E-state index is 12.9. The molecule has 1 heterocycles. The molecule has 12 heteroatoms. The lowest BCUT2D eigenvalue weighted by molar-refractivity contribution is -0.162. The molecule has 2 aliphatic rings. The molecule has 0 amide bonds. The Labute approximate surface area is 353 Å². The van der Waals surface area contributed by atoms with Crippen LogP contribution in [0.4, 0.5) is 0 Å². The van der Waals surface area contributed by atoms with Gasteiger partial charge in [-0.05, 0) is 150 Å². The van der Waals surface area contributed by atoms with Crippen LogP contribution in [-0.4, -0.2) is 69.3 Å². The van der Waals surface area contributed by atoms with Crippen molar-refractivity contribution in [1.82, 2.24) is 0 Å². The fourth-order valence-electron chi connectivity index (χ4n) is 6.91. The van der Waals surface area contributed by atoms with E-state index in [0.29, 0.717) is 41.6 Å². The van der Waals surface area contributed by atoms with Crippen molar-refractivity contribution in [3.63, 3.8) is 0 Å². The first-order valence-electron chi connectivity index (χ1n) is 21.5. The van der Waals surface area contributed by atoms with Crippen molar-refractivity contribution in [2.24, 2.45) is 5.92 Å². The predicted molar refractivity (Wildman–Crippen MR) is 224 cm³/mol. The number of esters is 4. The van der Waals surface area contributed by atoms with Gasteiger partial charge < -0.3 is 37.9 Å². The van der Waals surface area contributed by atoms with Crippen LogP contribution in [0.2, 0.25) is 0 Å². The van der Waals surface area contributed by atoms with Gasteiger partial charge in [0.1, 0.15) is 23.9 Å². The Balaban J connectivity index is 0.905. The van der Waals surface area contributed by atoms with Crippen LogP contribution in [0.5, 0.6) is 17.2 Å². The number of unbranched alkanes of at least 4 members (excludes halogenated alkanes) is 6. The zero-order valence-electron chi connectivity index (χ0n) is 34.7. The second kappa shape index (κ2) is 26.2. The van der Waals surface area contributed by atoms with Crippen molar-refractivity contribution in [2.45, 2.75) is 115 Å². The van der Waals surface area contributed by atoms with Gasteiger partial charge in [0.15, 0.2) is 6.29 Å². The Hall–Kier alpha value is -5.04. The standard InChI is InChI=1S/C48H60O12/c1-2-44(49)55-32-10-5-3-8-30-53-40-24-16-37(17-25-40)46(50)58-35-36-14-22-42(23-15-36)59-48(52)39-20-28-43(29-21-39)60-47(51)38-18-26-41(27-19-38)54-31-9-4-6-11-33-56-45-13-7-12-34-57-45/h2,14-17,20-25,28-29,38,41,45H,1,3-13,18-19,26-27,30-35H2. The first-order chi connectivity index (χ1) is 29.4. The van der Waals surface area contributed by atoms with Crippen LogP contribution < -0.4 is 14.2 Å². The van der Waals surface area contributed by atoms with Gasteiger partial charge in [0.05, 0.1) is 36.4 Å². The number of hydrogen-bond acceptors (Lipinski definition) is 12. The highest BCUT2D eigenvalue weighted by Crippen LogP contribution is 2.28. The van der Waals surface area contributed by atoms with E-state index in [2.05, 4.69) is 6.58 Å². The molecule has 0 N–H and O–H groups in total. The van der Waals surface area contributed by atoms with Crippen molar-refractivity contribution in [1.29, 1.82) is 0 Å². The lowest BCUT2D eigenvalue weighted by atomic mass is 9.87. The molecule has 1 saturated heterocycles. The molecule has 1 saturated carbocycles. The summed E-state index contributed by atoms with van der Waals surface area (Å²) in [5, 5.41) is 0. The lowest BCUT2D eigenvalue weighted by Gasteiger charge is -2.27. The molecule has 0 aromatic heterocycles. The number of benzene rings is 3. The fraction of sp³-hybridized carbons (Fsp3) is 0.500. The van der Waals surface area contributed by atoms with E-state index in [1.807, 2.05) is 0 Å². The third-order valence-electron chi connectivity index (χ3n) is 10.5. The van der Waals surface area contributed by atoms with Gasteiger partial charge in [-0.25, -0.2) is 14.4 Å². The largest absolute Gasteiger partial charge is 0.494 e. The zero-order valence-corrected chi connectivity index (χ0v) is 34.7. The summed E-state index contributed by atoms with van der Waals surface area (Å²) in [6, 6.07) is 19.8. The van der Waals surface area contributed by atoms with Gasteiger partial charge >= 0.3 is 23.9 Å². The van der Waals surface area contributed by atoms with E-state index in [-0.39, 0.29) is 30.9 Å². The third kappa shape index (κ3) is 16.9. The van der Waals surface area contributed by atoms with Crippen molar-refractivity contribution in [3.8, 4) is 17.2 Å². The van der Waals surface area contributed by atoms with E-state index in [0.717, 1.165) is 121 Å². The summed E-state index contributed by atoms with van der Waals surface area (Å²) in [6.07, 6.45) is 15.6. The van der Waals surface area contributed by atoms with Crippen LogP contribution in [0, 0.1) is 5.92 Å². The highest BCUT2D eigenvalue weighted by Gasteiger charge is 2.28. The summed E-state index contributed by atoms with van der Waals surface area (Å²) in [6.45, 7) is 6.64. The summed E-state index contributed by atoms with van der Waals surface area (Å²) >= 11 is 0. The Morgan fingerprint density at radius 1 is 0.583 bits per heavy atom. The van der Waals surface area contributed by atoms with Crippen molar-refractivity contribution >= 4 is 23.9 Å². The predicted octanol–water partition coefficient (Wildman–Crippen LogP) is 9.52. The topological polar surface area (TPSA) is 142 Å². The number of hydrogen-bond donors (Lipinski definition) is 0.